The molecule has 1 N–H and O–H groups in total. The van der Waals surface area contributed by atoms with Crippen molar-refractivity contribution in [2.24, 2.45) is 0 Å². The summed E-state index contributed by atoms with van der Waals surface area (Å²) in [7, 11) is 1.71. The summed E-state index contributed by atoms with van der Waals surface area (Å²) in [5, 5.41) is 4.02. The number of nitrogens with one attached hydrogen (secondary N) is 1. The molecule has 7 heteroatoms. The predicted octanol–water partition coefficient (Wildman–Crippen LogP) is 2.18. The summed E-state index contributed by atoms with van der Waals surface area (Å²) in [6.07, 6.45) is 3.05. The van der Waals surface area contributed by atoms with E-state index in [2.05, 4.69) is 20.3 Å². The lowest BCUT2D eigenvalue weighted by Gasteiger charge is -2.12. The summed E-state index contributed by atoms with van der Waals surface area (Å²) in [6.45, 7) is 1.86. The van der Waals surface area contributed by atoms with E-state index >= 15 is 0 Å². The van der Waals surface area contributed by atoms with Gasteiger partial charge in [0.2, 0.25) is 0 Å². The van der Waals surface area contributed by atoms with Crippen LogP contribution < -0.4 is 11.0 Å². The number of nitrogens with zero attached hydrogens (tertiary/aromatic N) is 4. The molecule has 3 heterocycles. The van der Waals surface area contributed by atoms with E-state index in [0.717, 1.165) is 11.1 Å². The molecule has 0 aliphatic heterocycles. The third-order valence-electron chi connectivity index (χ3n) is 3.11. The Morgan fingerprint density at radius 1 is 1.24 bits per heavy atom. The summed E-state index contributed by atoms with van der Waals surface area (Å²) in [5.41, 5.74) is 1.37. The van der Waals surface area contributed by atoms with Gasteiger partial charge in [-0.05, 0) is 25.1 Å². The Kier molecular flexibility index (Phi) is 3.31. The van der Waals surface area contributed by atoms with Crippen molar-refractivity contribution in [1.82, 2.24) is 19.5 Å². The number of hydrogen-bond acceptors (Lipinski definition) is 5. The standard InChI is InChI=1S/C14H12ClN5O/c1-8-3-4-9-12(16-2)19-14(21)20(13(9)18-8)11-5-6-17-7-10(11)15/h3-7H,1-2H3,(H,16,19,21). The van der Waals surface area contributed by atoms with Gasteiger partial charge in [-0.1, -0.05) is 11.6 Å². The minimum absolute atomic E-state index is 0.364. The first kappa shape index (κ1) is 13.5. The summed E-state index contributed by atoms with van der Waals surface area (Å²) in [5.74, 6) is 0.490. The molecule has 21 heavy (non-hydrogen) atoms. The Morgan fingerprint density at radius 2 is 2.05 bits per heavy atom. The van der Waals surface area contributed by atoms with E-state index in [1.54, 1.807) is 19.3 Å². The lowest BCUT2D eigenvalue weighted by atomic mass is 10.2. The Morgan fingerprint density at radius 3 is 2.76 bits per heavy atom. The van der Waals surface area contributed by atoms with Crippen molar-refractivity contribution < 1.29 is 0 Å². The van der Waals surface area contributed by atoms with Crippen LogP contribution in [0.4, 0.5) is 5.82 Å². The van der Waals surface area contributed by atoms with Crippen LogP contribution in [-0.2, 0) is 0 Å². The first-order valence-corrected chi connectivity index (χ1v) is 6.67. The highest BCUT2D eigenvalue weighted by Crippen LogP contribution is 2.23. The van der Waals surface area contributed by atoms with Crippen LogP contribution in [0.3, 0.4) is 0 Å². The van der Waals surface area contributed by atoms with Gasteiger partial charge < -0.3 is 5.32 Å². The molecule has 106 valence electrons. The van der Waals surface area contributed by atoms with Gasteiger partial charge in [0.05, 0.1) is 16.1 Å². The van der Waals surface area contributed by atoms with Crippen molar-refractivity contribution in [3.8, 4) is 5.69 Å². The van der Waals surface area contributed by atoms with E-state index in [0.29, 0.717) is 22.2 Å². The van der Waals surface area contributed by atoms with Crippen LogP contribution in [0.15, 0.2) is 35.4 Å². The molecule has 0 aromatic carbocycles. The number of aromatic nitrogens is 4. The second-order valence-corrected chi connectivity index (χ2v) is 4.89. The van der Waals surface area contributed by atoms with E-state index in [1.165, 1.54) is 10.8 Å². The van der Waals surface area contributed by atoms with E-state index < -0.39 is 5.69 Å². The highest BCUT2D eigenvalue weighted by Gasteiger charge is 2.14. The van der Waals surface area contributed by atoms with Gasteiger partial charge in [0.1, 0.15) is 5.82 Å². The number of fused-ring (bicyclic) bond motifs is 1. The summed E-state index contributed by atoms with van der Waals surface area (Å²) < 4.78 is 1.40. The third-order valence-corrected chi connectivity index (χ3v) is 3.40. The molecule has 0 amide bonds. The molecule has 0 radical (unpaired) electrons. The lowest BCUT2D eigenvalue weighted by molar-refractivity contribution is 0.934. The maximum absolute atomic E-state index is 12.4. The van der Waals surface area contributed by atoms with Gasteiger partial charge in [0.15, 0.2) is 5.65 Å². The fraction of sp³-hybridized carbons (Fsp3) is 0.143. The molecule has 0 atom stereocenters. The molecule has 0 aliphatic rings. The van der Waals surface area contributed by atoms with E-state index in [4.69, 9.17) is 11.6 Å². The Balaban J connectivity index is 2.48. The van der Waals surface area contributed by atoms with Gasteiger partial charge in [-0.2, -0.15) is 4.98 Å². The van der Waals surface area contributed by atoms with Crippen molar-refractivity contribution in [1.29, 1.82) is 0 Å². The van der Waals surface area contributed by atoms with Crippen LogP contribution in [-0.4, -0.2) is 26.6 Å². The number of aryl methyl sites for hydroxylation is 1. The average molecular weight is 302 g/mol. The average Bonchev–Trinajstić information content (AvgIpc) is 2.47. The molecule has 3 rings (SSSR count). The van der Waals surface area contributed by atoms with Gasteiger partial charge >= 0.3 is 5.69 Å². The second kappa shape index (κ2) is 5.14. The molecule has 0 fully saturated rings. The molecule has 0 aliphatic carbocycles. The smallest absolute Gasteiger partial charge is 0.355 e. The topological polar surface area (TPSA) is 72.7 Å². The quantitative estimate of drug-likeness (QED) is 0.785. The van der Waals surface area contributed by atoms with Crippen LogP contribution >= 0.6 is 11.6 Å². The number of rotatable bonds is 2. The molecule has 0 saturated carbocycles. The molecular weight excluding hydrogens is 290 g/mol. The summed E-state index contributed by atoms with van der Waals surface area (Å²) >= 11 is 6.15. The summed E-state index contributed by atoms with van der Waals surface area (Å²) in [4.78, 5) is 24.8. The monoisotopic (exact) mass is 301 g/mol. The number of halogens is 1. The molecule has 0 unspecified atom stereocenters. The largest absolute Gasteiger partial charge is 0.372 e. The first-order valence-electron chi connectivity index (χ1n) is 6.30. The highest BCUT2D eigenvalue weighted by atomic mass is 35.5. The molecule has 0 spiro atoms. The number of pyridine rings is 2. The zero-order valence-electron chi connectivity index (χ0n) is 11.5. The summed E-state index contributed by atoms with van der Waals surface area (Å²) in [6, 6.07) is 5.41. The second-order valence-electron chi connectivity index (χ2n) is 4.48. The molecule has 6 nitrogen and oxygen atoms in total. The van der Waals surface area contributed by atoms with Crippen LogP contribution in [0, 0.1) is 6.92 Å². The van der Waals surface area contributed by atoms with Gasteiger partial charge in [-0.25, -0.2) is 14.3 Å². The predicted molar refractivity (Wildman–Crippen MR) is 82.2 cm³/mol. The van der Waals surface area contributed by atoms with Gasteiger partial charge in [0.25, 0.3) is 0 Å². The molecule has 3 aromatic heterocycles. The van der Waals surface area contributed by atoms with Gasteiger partial charge in [0, 0.05) is 25.1 Å². The minimum Gasteiger partial charge on any atom is -0.372 e. The van der Waals surface area contributed by atoms with Gasteiger partial charge in [-0.3, -0.25) is 4.98 Å². The SMILES string of the molecule is CNc1nc(=O)n(-c2ccncc2Cl)c2nc(C)ccc12. The maximum atomic E-state index is 12.4. The van der Waals surface area contributed by atoms with Crippen molar-refractivity contribution in [2.45, 2.75) is 6.92 Å². The lowest BCUT2D eigenvalue weighted by Crippen LogP contribution is -2.24. The number of anilines is 1. The highest BCUT2D eigenvalue weighted by molar-refractivity contribution is 6.32. The molecule has 0 saturated heterocycles. The maximum Gasteiger partial charge on any atom is 0.355 e. The molecule has 3 aromatic rings. The normalized spacial score (nSPS) is 10.8. The van der Waals surface area contributed by atoms with E-state index in [1.807, 2.05) is 19.1 Å². The molecular formula is C14H12ClN5O. The zero-order valence-corrected chi connectivity index (χ0v) is 12.2. The third kappa shape index (κ3) is 2.23. The number of hydrogen-bond donors (Lipinski definition) is 1. The Hall–Kier alpha value is -2.47. The van der Waals surface area contributed by atoms with Crippen molar-refractivity contribution in [3.63, 3.8) is 0 Å². The fourth-order valence-electron chi connectivity index (χ4n) is 2.15. The minimum atomic E-state index is -0.446. The Bertz CT molecular complexity index is 890. The zero-order chi connectivity index (χ0) is 15.0. The van der Waals surface area contributed by atoms with Gasteiger partial charge in [-0.15, -0.1) is 0 Å². The first-order chi connectivity index (χ1) is 10.1. The molecule has 0 bridgehead atoms. The van der Waals surface area contributed by atoms with E-state index in [-0.39, 0.29) is 0 Å². The van der Waals surface area contributed by atoms with Crippen LogP contribution in [0.2, 0.25) is 5.02 Å². The Labute approximate surface area is 125 Å². The van der Waals surface area contributed by atoms with Crippen LogP contribution in [0.1, 0.15) is 5.69 Å². The van der Waals surface area contributed by atoms with E-state index in [9.17, 15) is 4.79 Å². The van der Waals surface area contributed by atoms with Crippen molar-refractivity contribution in [3.05, 3.63) is 51.8 Å². The van der Waals surface area contributed by atoms with Crippen molar-refractivity contribution >= 4 is 28.5 Å². The van der Waals surface area contributed by atoms with Crippen molar-refractivity contribution in [2.75, 3.05) is 12.4 Å². The van der Waals surface area contributed by atoms with Crippen LogP contribution in [0.25, 0.3) is 16.7 Å². The van der Waals surface area contributed by atoms with Crippen LogP contribution in [0.5, 0.6) is 0 Å². The fourth-order valence-corrected chi connectivity index (χ4v) is 2.36.